The Hall–Kier alpha value is -2.66. The van der Waals surface area contributed by atoms with Crippen LogP contribution in [0.15, 0.2) is 72.4 Å². The summed E-state index contributed by atoms with van der Waals surface area (Å²) in [5.41, 5.74) is 4.54. The van der Waals surface area contributed by atoms with Crippen molar-refractivity contribution in [2.24, 2.45) is 5.10 Å². The van der Waals surface area contributed by atoms with E-state index in [1.54, 1.807) is 12.3 Å². The van der Waals surface area contributed by atoms with Crippen molar-refractivity contribution in [1.82, 2.24) is 5.43 Å². The summed E-state index contributed by atoms with van der Waals surface area (Å²) in [6, 6.07) is 17.3. The third-order valence-electron chi connectivity index (χ3n) is 2.68. The van der Waals surface area contributed by atoms with Crippen molar-refractivity contribution < 1.29 is 4.74 Å². The zero-order chi connectivity index (χ0) is 15.6. The van der Waals surface area contributed by atoms with Gasteiger partial charge in [0.15, 0.2) is 5.11 Å². The van der Waals surface area contributed by atoms with Gasteiger partial charge in [-0.25, -0.2) is 0 Å². The standard InChI is InChI=1S/C17H17N3OS/c1-2-12-21-16-11-7-6-8-14(16)13-18-20-17(22)19-15-9-4-3-5-10-15/h2-11,13H,1,12H2,(H2,19,20,22). The van der Waals surface area contributed by atoms with Crippen LogP contribution in [0.4, 0.5) is 5.69 Å². The number of rotatable bonds is 6. The number of hydrogen-bond acceptors (Lipinski definition) is 3. The molecular weight excluding hydrogens is 294 g/mol. The van der Waals surface area contributed by atoms with E-state index in [2.05, 4.69) is 22.4 Å². The average Bonchev–Trinajstić information content (AvgIpc) is 2.55. The number of hydrazone groups is 1. The lowest BCUT2D eigenvalue weighted by molar-refractivity contribution is 0.362. The largest absolute Gasteiger partial charge is 0.489 e. The lowest BCUT2D eigenvalue weighted by Gasteiger charge is -2.08. The Kier molecular flexibility index (Phi) is 6.14. The summed E-state index contributed by atoms with van der Waals surface area (Å²) in [5.74, 6) is 0.745. The number of ether oxygens (including phenoxy) is 1. The maximum Gasteiger partial charge on any atom is 0.191 e. The molecule has 2 aromatic carbocycles. The van der Waals surface area contributed by atoms with Crippen molar-refractivity contribution in [3.63, 3.8) is 0 Å². The Morgan fingerprint density at radius 2 is 1.86 bits per heavy atom. The SMILES string of the molecule is C=CCOc1ccccc1C=NNC(=S)Nc1ccccc1. The summed E-state index contributed by atoms with van der Waals surface area (Å²) in [4.78, 5) is 0. The summed E-state index contributed by atoms with van der Waals surface area (Å²) in [6.45, 7) is 4.08. The minimum Gasteiger partial charge on any atom is -0.489 e. The van der Waals surface area contributed by atoms with Gasteiger partial charge in [0.05, 0.1) is 6.21 Å². The molecule has 0 amide bonds. The number of thiocarbonyl (C=S) groups is 1. The Morgan fingerprint density at radius 3 is 2.64 bits per heavy atom. The van der Waals surface area contributed by atoms with Gasteiger partial charge in [0.25, 0.3) is 0 Å². The first-order valence-electron chi connectivity index (χ1n) is 6.77. The Morgan fingerprint density at radius 1 is 1.14 bits per heavy atom. The van der Waals surface area contributed by atoms with Crippen molar-refractivity contribution in [2.45, 2.75) is 0 Å². The van der Waals surface area contributed by atoms with Gasteiger partial charge in [-0.15, -0.1) is 0 Å². The highest BCUT2D eigenvalue weighted by atomic mass is 32.1. The molecule has 112 valence electrons. The van der Waals surface area contributed by atoms with Crippen molar-refractivity contribution >= 4 is 29.2 Å². The number of benzene rings is 2. The predicted molar refractivity (Wildman–Crippen MR) is 95.5 cm³/mol. The molecule has 2 aromatic rings. The van der Waals surface area contributed by atoms with E-state index in [4.69, 9.17) is 17.0 Å². The second-order valence-corrected chi connectivity index (χ2v) is 4.74. The van der Waals surface area contributed by atoms with Crippen LogP contribution in [-0.4, -0.2) is 17.9 Å². The number of nitrogens with zero attached hydrogens (tertiary/aromatic N) is 1. The van der Waals surface area contributed by atoms with Gasteiger partial charge in [0.1, 0.15) is 12.4 Å². The first-order valence-corrected chi connectivity index (χ1v) is 7.18. The molecule has 0 heterocycles. The zero-order valence-electron chi connectivity index (χ0n) is 12.0. The molecule has 0 aliphatic heterocycles. The minimum absolute atomic E-state index is 0.423. The minimum atomic E-state index is 0.423. The van der Waals surface area contributed by atoms with Crippen LogP contribution in [0.5, 0.6) is 5.75 Å². The van der Waals surface area contributed by atoms with Crippen molar-refractivity contribution in [3.8, 4) is 5.75 Å². The van der Waals surface area contributed by atoms with Crippen LogP contribution in [0.3, 0.4) is 0 Å². The molecule has 0 saturated carbocycles. The van der Waals surface area contributed by atoms with Gasteiger partial charge in [0.2, 0.25) is 0 Å². The van der Waals surface area contributed by atoms with Crippen LogP contribution >= 0.6 is 12.2 Å². The van der Waals surface area contributed by atoms with Crippen LogP contribution in [0.25, 0.3) is 0 Å². The van der Waals surface area contributed by atoms with Gasteiger partial charge in [-0.1, -0.05) is 43.0 Å². The highest BCUT2D eigenvalue weighted by Crippen LogP contribution is 2.15. The molecule has 0 aliphatic rings. The molecule has 0 aromatic heterocycles. The fourth-order valence-corrected chi connectivity index (χ4v) is 1.88. The Bertz CT molecular complexity index is 656. The lowest BCUT2D eigenvalue weighted by Crippen LogP contribution is -2.23. The highest BCUT2D eigenvalue weighted by Gasteiger charge is 1.99. The average molecular weight is 311 g/mol. The summed E-state index contributed by atoms with van der Waals surface area (Å²) in [6.07, 6.45) is 3.36. The van der Waals surface area contributed by atoms with Gasteiger partial charge < -0.3 is 10.1 Å². The molecule has 4 nitrogen and oxygen atoms in total. The molecule has 0 bridgehead atoms. The Labute approximate surface area is 135 Å². The van der Waals surface area contributed by atoms with Crippen molar-refractivity contribution in [3.05, 3.63) is 72.8 Å². The fraction of sp³-hybridized carbons (Fsp3) is 0.0588. The lowest BCUT2D eigenvalue weighted by atomic mass is 10.2. The fourth-order valence-electron chi connectivity index (χ4n) is 1.71. The zero-order valence-corrected chi connectivity index (χ0v) is 12.8. The first kappa shape index (κ1) is 15.7. The van der Waals surface area contributed by atoms with E-state index < -0.39 is 0 Å². The van der Waals surface area contributed by atoms with Gasteiger partial charge in [-0.05, 0) is 36.5 Å². The second-order valence-electron chi connectivity index (χ2n) is 4.33. The normalized spacial score (nSPS) is 10.2. The third-order valence-corrected chi connectivity index (χ3v) is 2.87. The summed E-state index contributed by atoms with van der Waals surface area (Å²) >= 11 is 5.17. The molecule has 0 spiro atoms. The van der Waals surface area contributed by atoms with Crippen LogP contribution < -0.4 is 15.5 Å². The smallest absolute Gasteiger partial charge is 0.191 e. The van der Waals surface area contributed by atoms with Crippen LogP contribution in [0.2, 0.25) is 0 Å². The van der Waals surface area contributed by atoms with Crippen LogP contribution in [-0.2, 0) is 0 Å². The van der Waals surface area contributed by atoms with E-state index in [1.807, 2.05) is 54.6 Å². The van der Waals surface area contributed by atoms with E-state index in [9.17, 15) is 0 Å². The maximum absolute atomic E-state index is 5.55. The molecule has 0 saturated heterocycles. The maximum atomic E-state index is 5.55. The molecule has 0 atom stereocenters. The van der Waals surface area contributed by atoms with Crippen molar-refractivity contribution in [1.29, 1.82) is 0 Å². The van der Waals surface area contributed by atoms with E-state index in [1.165, 1.54) is 0 Å². The summed E-state index contributed by atoms with van der Waals surface area (Å²) < 4.78 is 5.55. The molecule has 0 fully saturated rings. The quantitative estimate of drug-likeness (QED) is 0.370. The van der Waals surface area contributed by atoms with Crippen molar-refractivity contribution in [2.75, 3.05) is 11.9 Å². The molecule has 5 heteroatoms. The number of nitrogens with one attached hydrogen (secondary N) is 2. The molecule has 2 N–H and O–H groups in total. The number of para-hydroxylation sites is 2. The second kappa shape index (κ2) is 8.59. The van der Waals surface area contributed by atoms with Gasteiger partial charge in [-0.3, -0.25) is 5.43 Å². The third kappa shape index (κ3) is 5.03. The Balaban J connectivity index is 1.92. The topological polar surface area (TPSA) is 45.6 Å². The van der Waals surface area contributed by atoms with E-state index in [0.29, 0.717) is 11.7 Å². The summed E-state index contributed by atoms with van der Waals surface area (Å²) in [7, 11) is 0. The van der Waals surface area contributed by atoms with Gasteiger partial charge in [0, 0.05) is 11.3 Å². The molecule has 2 rings (SSSR count). The molecule has 0 unspecified atom stereocenters. The summed E-state index contributed by atoms with van der Waals surface area (Å²) in [5, 5.41) is 7.58. The number of hydrogen-bond donors (Lipinski definition) is 2. The van der Waals surface area contributed by atoms with Gasteiger partial charge >= 0.3 is 0 Å². The van der Waals surface area contributed by atoms with Gasteiger partial charge in [-0.2, -0.15) is 5.10 Å². The molecule has 22 heavy (non-hydrogen) atoms. The van der Waals surface area contributed by atoms with E-state index >= 15 is 0 Å². The van der Waals surface area contributed by atoms with Crippen LogP contribution in [0.1, 0.15) is 5.56 Å². The number of anilines is 1. The molecule has 0 radical (unpaired) electrons. The monoisotopic (exact) mass is 311 g/mol. The molecule has 0 aliphatic carbocycles. The van der Waals surface area contributed by atoms with Crippen LogP contribution in [0, 0.1) is 0 Å². The highest BCUT2D eigenvalue weighted by molar-refractivity contribution is 7.80. The van der Waals surface area contributed by atoms with E-state index in [-0.39, 0.29) is 0 Å². The predicted octanol–water partition coefficient (Wildman–Crippen LogP) is 3.57. The van der Waals surface area contributed by atoms with E-state index in [0.717, 1.165) is 17.0 Å². The first-order chi connectivity index (χ1) is 10.8. The molecular formula is C17H17N3OS.